The summed E-state index contributed by atoms with van der Waals surface area (Å²) in [7, 11) is 4.31. The summed E-state index contributed by atoms with van der Waals surface area (Å²) in [5, 5.41) is 3.48. The fraction of sp³-hybridized carbons (Fsp3) is 1.00. The van der Waals surface area contributed by atoms with E-state index in [0.29, 0.717) is 6.04 Å². The molecule has 0 aromatic carbocycles. The van der Waals surface area contributed by atoms with Crippen LogP contribution < -0.4 is 5.32 Å². The molecule has 1 N–H and O–H groups in total. The number of rotatable bonds is 12. The predicted octanol–water partition coefficient (Wildman–Crippen LogP) is 2.43. The zero-order valence-electron chi connectivity index (χ0n) is 13.3. The van der Waals surface area contributed by atoms with Gasteiger partial charge in [0.2, 0.25) is 0 Å². The van der Waals surface area contributed by atoms with Crippen molar-refractivity contribution in [3.8, 4) is 0 Å². The number of likely N-dealkylation sites (N-methyl/N-ethyl adjacent to an activating group) is 1. The van der Waals surface area contributed by atoms with Gasteiger partial charge in [-0.3, -0.25) is 0 Å². The molecule has 3 heteroatoms. The van der Waals surface area contributed by atoms with E-state index >= 15 is 0 Å². The van der Waals surface area contributed by atoms with Crippen molar-refractivity contribution in [2.45, 2.75) is 52.5 Å². The van der Waals surface area contributed by atoms with Gasteiger partial charge in [0.05, 0.1) is 0 Å². The van der Waals surface area contributed by atoms with Gasteiger partial charge in [-0.15, -0.1) is 0 Å². The average molecular weight is 257 g/mol. The van der Waals surface area contributed by atoms with E-state index in [2.05, 4.69) is 50.0 Å². The molecular weight excluding hydrogens is 222 g/mol. The van der Waals surface area contributed by atoms with Crippen molar-refractivity contribution in [2.24, 2.45) is 0 Å². The minimum Gasteiger partial charge on any atom is -0.315 e. The minimum absolute atomic E-state index is 0.627. The predicted molar refractivity (Wildman–Crippen MR) is 82.3 cm³/mol. The third kappa shape index (κ3) is 12.3. The Hall–Kier alpha value is -0.120. The molecule has 0 saturated heterocycles. The Morgan fingerprint density at radius 1 is 0.889 bits per heavy atom. The van der Waals surface area contributed by atoms with Crippen LogP contribution in [0.5, 0.6) is 0 Å². The second-order valence-electron chi connectivity index (χ2n) is 5.81. The van der Waals surface area contributed by atoms with Crippen molar-refractivity contribution in [2.75, 3.05) is 46.8 Å². The maximum Gasteiger partial charge on any atom is 0.0109 e. The molecule has 110 valence electrons. The van der Waals surface area contributed by atoms with Crippen LogP contribution >= 0.6 is 0 Å². The highest BCUT2D eigenvalue weighted by atomic mass is 15.2. The normalized spacial score (nSPS) is 12.0. The van der Waals surface area contributed by atoms with Crippen LogP contribution in [0.2, 0.25) is 0 Å². The van der Waals surface area contributed by atoms with E-state index in [9.17, 15) is 0 Å². The highest BCUT2D eigenvalue weighted by Gasteiger charge is 2.03. The van der Waals surface area contributed by atoms with Crippen LogP contribution in [-0.2, 0) is 0 Å². The lowest BCUT2D eigenvalue weighted by Crippen LogP contribution is -2.33. The summed E-state index contributed by atoms with van der Waals surface area (Å²) in [6, 6.07) is 0.627. The lowest BCUT2D eigenvalue weighted by atomic mass is 10.2. The molecule has 0 atom stereocenters. The molecular formula is C15H35N3. The van der Waals surface area contributed by atoms with Crippen LogP contribution in [0.4, 0.5) is 0 Å². The number of hydrogen-bond donors (Lipinski definition) is 1. The molecule has 0 heterocycles. The standard InChI is InChI=1S/C15H35N3/c1-6-11-18(14-13-17(4)5)12-9-7-8-10-16-15(2)3/h15-16H,6-14H2,1-5H3. The summed E-state index contributed by atoms with van der Waals surface area (Å²) in [5.74, 6) is 0. The SMILES string of the molecule is CCCN(CCCCCNC(C)C)CCN(C)C. The van der Waals surface area contributed by atoms with Crippen LogP contribution in [-0.4, -0.2) is 62.7 Å². The first-order valence-electron chi connectivity index (χ1n) is 7.66. The molecule has 0 bridgehead atoms. The molecule has 0 spiro atoms. The summed E-state index contributed by atoms with van der Waals surface area (Å²) in [5.41, 5.74) is 0. The molecule has 18 heavy (non-hydrogen) atoms. The van der Waals surface area contributed by atoms with E-state index in [1.54, 1.807) is 0 Å². The molecule has 0 amide bonds. The van der Waals surface area contributed by atoms with Gasteiger partial charge in [0, 0.05) is 19.1 Å². The molecule has 0 aliphatic carbocycles. The second-order valence-corrected chi connectivity index (χ2v) is 5.81. The van der Waals surface area contributed by atoms with Gasteiger partial charge in [0.25, 0.3) is 0 Å². The van der Waals surface area contributed by atoms with Crippen LogP contribution in [0.1, 0.15) is 46.5 Å². The average Bonchev–Trinajstić information content (AvgIpc) is 2.29. The molecule has 0 aromatic heterocycles. The zero-order chi connectivity index (χ0) is 13.8. The van der Waals surface area contributed by atoms with Gasteiger partial charge in [0.15, 0.2) is 0 Å². The van der Waals surface area contributed by atoms with Gasteiger partial charge in [-0.1, -0.05) is 27.2 Å². The van der Waals surface area contributed by atoms with Gasteiger partial charge < -0.3 is 15.1 Å². The highest BCUT2D eigenvalue weighted by Crippen LogP contribution is 2.00. The van der Waals surface area contributed by atoms with E-state index in [1.165, 1.54) is 58.4 Å². The highest BCUT2D eigenvalue weighted by molar-refractivity contribution is 4.60. The summed E-state index contributed by atoms with van der Waals surface area (Å²) < 4.78 is 0. The number of nitrogens with one attached hydrogen (secondary N) is 1. The lowest BCUT2D eigenvalue weighted by Gasteiger charge is -2.23. The van der Waals surface area contributed by atoms with Crippen molar-refractivity contribution < 1.29 is 0 Å². The summed E-state index contributed by atoms with van der Waals surface area (Å²) in [6.07, 6.45) is 5.27. The second kappa shape index (κ2) is 11.9. The van der Waals surface area contributed by atoms with Gasteiger partial charge in [-0.25, -0.2) is 0 Å². The smallest absolute Gasteiger partial charge is 0.0109 e. The van der Waals surface area contributed by atoms with Gasteiger partial charge >= 0.3 is 0 Å². The van der Waals surface area contributed by atoms with E-state index in [0.717, 1.165) is 0 Å². The van der Waals surface area contributed by atoms with E-state index < -0.39 is 0 Å². The quantitative estimate of drug-likeness (QED) is 0.542. The summed E-state index contributed by atoms with van der Waals surface area (Å²) in [6.45, 7) is 12.8. The number of hydrogen-bond acceptors (Lipinski definition) is 3. The maximum absolute atomic E-state index is 3.48. The van der Waals surface area contributed by atoms with Crippen LogP contribution in [0, 0.1) is 0 Å². The van der Waals surface area contributed by atoms with Crippen molar-refractivity contribution >= 4 is 0 Å². The van der Waals surface area contributed by atoms with Gasteiger partial charge in [-0.2, -0.15) is 0 Å². The minimum atomic E-state index is 0.627. The molecule has 0 rings (SSSR count). The molecule has 0 saturated carbocycles. The van der Waals surface area contributed by atoms with Crippen LogP contribution in [0.25, 0.3) is 0 Å². The number of unbranched alkanes of at least 4 members (excludes halogenated alkanes) is 2. The Balaban J connectivity index is 3.51. The third-order valence-electron chi connectivity index (χ3n) is 3.11. The molecule has 0 fully saturated rings. The van der Waals surface area contributed by atoms with E-state index in [1.807, 2.05) is 0 Å². The Morgan fingerprint density at radius 2 is 1.61 bits per heavy atom. The first-order valence-corrected chi connectivity index (χ1v) is 7.66. The number of nitrogens with zero attached hydrogens (tertiary/aromatic N) is 2. The first-order chi connectivity index (χ1) is 8.56. The summed E-state index contributed by atoms with van der Waals surface area (Å²) in [4.78, 5) is 4.88. The Bertz CT molecular complexity index is 169. The molecule has 0 unspecified atom stereocenters. The molecule has 0 radical (unpaired) electrons. The Labute approximate surface area is 115 Å². The van der Waals surface area contributed by atoms with Crippen molar-refractivity contribution in [1.29, 1.82) is 0 Å². The van der Waals surface area contributed by atoms with Crippen molar-refractivity contribution in [1.82, 2.24) is 15.1 Å². The van der Waals surface area contributed by atoms with E-state index in [4.69, 9.17) is 0 Å². The monoisotopic (exact) mass is 257 g/mol. The van der Waals surface area contributed by atoms with Crippen molar-refractivity contribution in [3.05, 3.63) is 0 Å². The first kappa shape index (κ1) is 17.9. The van der Waals surface area contributed by atoms with Crippen molar-refractivity contribution in [3.63, 3.8) is 0 Å². The molecule has 0 aromatic rings. The maximum atomic E-state index is 3.48. The van der Waals surface area contributed by atoms with Crippen LogP contribution in [0.15, 0.2) is 0 Å². The summed E-state index contributed by atoms with van der Waals surface area (Å²) >= 11 is 0. The zero-order valence-corrected chi connectivity index (χ0v) is 13.3. The molecule has 3 nitrogen and oxygen atoms in total. The fourth-order valence-electron chi connectivity index (χ4n) is 2.02. The largest absolute Gasteiger partial charge is 0.315 e. The molecule has 0 aliphatic heterocycles. The van der Waals surface area contributed by atoms with E-state index in [-0.39, 0.29) is 0 Å². The molecule has 0 aliphatic rings. The van der Waals surface area contributed by atoms with Gasteiger partial charge in [0.1, 0.15) is 0 Å². The van der Waals surface area contributed by atoms with Gasteiger partial charge in [-0.05, 0) is 53.0 Å². The third-order valence-corrected chi connectivity index (χ3v) is 3.11. The topological polar surface area (TPSA) is 18.5 Å². The Morgan fingerprint density at radius 3 is 2.17 bits per heavy atom. The van der Waals surface area contributed by atoms with Crippen LogP contribution in [0.3, 0.4) is 0 Å². The fourth-order valence-corrected chi connectivity index (χ4v) is 2.02. The Kier molecular flexibility index (Phi) is 11.9. The lowest BCUT2D eigenvalue weighted by molar-refractivity contribution is 0.236.